The molecule has 0 aromatic heterocycles. The molecule has 0 bridgehead atoms. The molecule has 0 fully saturated rings. The number of amides is 2. The third-order valence-corrected chi connectivity index (χ3v) is 4.45. The van der Waals surface area contributed by atoms with Gasteiger partial charge in [-0.15, -0.1) is 0 Å². The molecule has 0 radical (unpaired) electrons. The minimum Gasteiger partial charge on any atom is -0.435 e. The van der Waals surface area contributed by atoms with E-state index in [1.165, 1.54) is 24.3 Å². The molecule has 0 saturated carbocycles. The van der Waals surface area contributed by atoms with Crippen LogP contribution in [0.1, 0.15) is 19.4 Å². The lowest BCUT2D eigenvalue weighted by atomic mass is 10.1. The Hall–Kier alpha value is -3.00. The Morgan fingerprint density at radius 3 is 2.34 bits per heavy atom. The van der Waals surface area contributed by atoms with Crippen molar-refractivity contribution >= 4 is 23.2 Å². The molecule has 8 heteroatoms. The molecule has 2 aromatic carbocycles. The van der Waals surface area contributed by atoms with E-state index in [0.717, 1.165) is 17.7 Å². The average Bonchev–Trinajstić information content (AvgIpc) is 2.68. The number of halogens is 2. The molecule has 2 N–H and O–H groups in total. The van der Waals surface area contributed by atoms with Crippen molar-refractivity contribution < 1.29 is 23.1 Å². The highest BCUT2D eigenvalue weighted by Crippen LogP contribution is 2.18. The number of hydrogen-bond acceptors (Lipinski definition) is 4. The summed E-state index contributed by atoms with van der Waals surface area (Å²) in [5, 5.41) is 5.56. The van der Waals surface area contributed by atoms with Crippen LogP contribution < -0.4 is 15.4 Å². The predicted octanol–water partition coefficient (Wildman–Crippen LogP) is 3.75. The molecular formula is C21H25F2N3O3. The van der Waals surface area contributed by atoms with Crippen molar-refractivity contribution in [1.82, 2.24) is 4.90 Å². The third kappa shape index (κ3) is 6.83. The number of nitrogens with zero attached hydrogens (tertiary/aromatic N) is 1. The molecule has 0 heterocycles. The summed E-state index contributed by atoms with van der Waals surface area (Å²) in [6, 6.07) is 12.6. The van der Waals surface area contributed by atoms with Gasteiger partial charge in [0, 0.05) is 11.4 Å². The molecule has 0 aliphatic carbocycles. The van der Waals surface area contributed by atoms with Gasteiger partial charge in [0.25, 0.3) is 0 Å². The highest BCUT2D eigenvalue weighted by Gasteiger charge is 2.20. The predicted molar refractivity (Wildman–Crippen MR) is 108 cm³/mol. The van der Waals surface area contributed by atoms with Gasteiger partial charge in [0.2, 0.25) is 11.8 Å². The largest absolute Gasteiger partial charge is 0.435 e. The van der Waals surface area contributed by atoms with Gasteiger partial charge in [-0.1, -0.05) is 25.1 Å². The van der Waals surface area contributed by atoms with Crippen LogP contribution in [0.4, 0.5) is 20.2 Å². The third-order valence-electron chi connectivity index (χ3n) is 4.45. The van der Waals surface area contributed by atoms with Crippen molar-refractivity contribution in [3.63, 3.8) is 0 Å². The van der Waals surface area contributed by atoms with E-state index >= 15 is 0 Å². The van der Waals surface area contributed by atoms with E-state index in [1.54, 1.807) is 18.9 Å². The van der Waals surface area contributed by atoms with Gasteiger partial charge in [-0.05, 0) is 56.3 Å². The molecule has 2 amide bonds. The summed E-state index contributed by atoms with van der Waals surface area (Å²) in [5.41, 5.74) is 2.24. The number of anilines is 2. The van der Waals surface area contributed by atoms with Crippen LogP contribution in [-0.4, -0.2) is 43.0 Å². The zero-order chi connectivity index (χ0) is 21.4. The molecule has 0 spiro atoms. The van der Waals surface area contributed by atoms with Gasteiger partial charge >= 0.3 is 6.61 Å². The Kier molecular flexibility index (Phi) is 8.09. The minimum atomic E-state index is -2.90. The molecule has 0 aliphatic heterocycles. The van der Waals surface area contributed by atoms with Gasteiger partial charge in [0.15, 0.2) is 0 Å². The summed E-state index contributed by atoms with van der Waals surface area (Å²) >= 11 is 0. The van der Waals surface area contributed by atoms with Crippen molar-refractivity contribution in [2.75, 3.05) is 24.2 Å². The lowest BCUT2D eigenvalue weighted by molar-refractivity contribution is -0.122. The second kappa shape index (κ2) is 10.5. The van der Waals surface area contributed by atoms with E-state index < -0.39 is 12.7 Å². The fraction of sp³-hybridized carbons (Fsp3) is 0.333. The number of alkyl halides is 2. The molecule has 1 atom stereocenters. The topological polar surface area (TPSA) is 70.7 Å². The van der Waals surface area contributed by atoms with E-state index in [1.807, 2.05) is 31.2 Å². The standard InChI is InChI=1S/C21H25F2N3O3/c1-4-15-7-5-6-8-18(15)25-19(27)13-26(3)14(2)20(28)24-16-9-11-17(12-10-16)29-21(22)23/h5-12,14,21H,4,13H2,1-3H3,(H,24,28)(H,25,27). The lowest BCUT2D eigenvalue weighted by Crippen LogP contribution is -2.43. The van der Waals surface area contributed by atoms with E-state index in [2.05, 4.69) is 15.4 Å². The highest BCUT2D eigenvalue weighted by atomic mass is 19.3. The van der Waals surface area contributed by atoms with Gasteiger partial charge in [-0.3, -0.25) is 14.5 Å². The minimum absolute atomic E-state index is 0.00666. The zero-order valence-electron chi connectivity index (χ0n) is 16.6. The van der Waals surface area contributed by atoms with Crippen LogP contribution in [0.2, 0.25) is 0 Å². The number of para-hydroxylation sites is 1. The number of carbonyl (C=O) groups is 2. The van der Waals surface area contributed by atoms with Crippen LogP contribution in [0.3, 0.4) is 0 Å². The first-order chi connectivity index (χ1) is 13.8. The Bertz CT molecular complexity index is 828. The van der Waals surface area contributed by atoms with Gasteiger partial charge in [-0.2, -0.15) is 8.78 Å². The molecule has 0 aliphatic rings. The molecule has 156 valence electrons. The number of benzene rings is 2. The molecule has 6 nitrogen and oxygen atoms in total. The first kappa shape index (κ1) is 22.3. The van der Waals surface area contributed by atoms with Crippen molar-refractivity contribution in [3.05, 3.63) is 54.1 Å². The maximum Gasteiger partial charge on any atom is 0.387 e. The van der Waals surface area contributed by atoms with Gasteiger partial charge in [-0.25, -0.2) is 0 Å². The summed E-state index contributed by atoms with van der Waals surface area (Å²) in [6.45, 7) is 0.819. The highest BCUT2D eigenvalue weighted by molar-refractivity contribution is 5.96. The first-order valence-corrected chi connectivity index (χ1v) is 9.24. The quantitative estimate of drug-likeness (QED) is 0.667. The molecule has 29 heavy (non-hydrogen) atoms. The fourth-order valence-electron chi connectivity index (χ4n) is 2.67. The Balaban J connectivity index is 1.89. The number of rotatable bonds is 9. The molecule has 2 aromatic rings. The van der Waals surface area contributed by atoms with Crippen molar-refractivity contribution in [2.24, 2.45) is 0 Å². The number of hydrogen-bond donors (Lipinski definition) is 2. The second-order valence-corrected chi connectivity index (χ2v) is 6.54. The van der Waals surface area contributed by atoms with Crippen LogP contribution in [0, 0.1) is 0 Å². The van der Waals surface area contributed by atoms with Crippen LogP contribution in [0.15, 0.2) is 48.5 Å². The maximum absolute atomic E-state index is 12.4. The summed E-state index contributed by atoms with van der Waals surface area (Å²) in [6.07, 6.45) is 0.798. The molecular weight excluding hydrogens is 380 g/mol. The molecule has 1 unspecified atom stereocenters. The van der Waals surface area contributed by atoms with Crippen molar-refractivity contribution in [3.8, 4) is 5.75 Å². The summed E-state index contributed by atoms with van der Waals surface area (Å²) in [4.78, 5) is 26.4. The van der Waals surface area contributed by atoms with E-state index in [4.69, 9.17) is 0 Å². The smallest absolute Gasteiger partial charge is 0.387 e. The maximum atomic E-state index is 12.4. The lowest BCUT2D eigenvalue weighted by Gasteiger charge is -2.23. The van der Waals surface area contributed by atoms with Gasteiger partial charge in [0.1, 0.15) is 5.75 Å². The number of aryl methyl sites for hydroxylation is 1. The molecule has 2 rings (SSSR count). The number of ether oxygens (including phenoxy) is 1. The van der Waals surface area contributed by atoms with Crippen LogP contribution in [0.25, 0.3) is 0 Å². The normalized spacial score (nSPS) is 12.0. The SMILES string of the molecule is CCc1ccccc1NC(=O)CN(C)C(C)C(=O)Nc1ccc(OC(F)F)cc1. The van der Waals surface area contributed by atoms with Crippen LogP contribution >= 0.6 is 0 Å². The number of likely N-dealkylation sites (N-methyl/N-ethyl adjacent to an activating group) is 1. The second-order valence-electron chi connectivity index (χ2n) is 6.54. The Morgan fingerprint density at radius 1 is 1.07 bits per heavy atom. The summed E-state index contributed by atoms with van der Waals surface area (Å²) < 4.78 is 28.6. The number of carbonyl (C=O) groups excluding carboxylic acids is 2. The Labute approximate surface area is 168 Å². The first-order valence-electron chi connectivity index (χ1n) is 9.24. The van der Waals surface area contributed by atoms with E-state index in [-0.39, 0.29) is 24.1 Å². The van der Waals surface area contributed by atoms with Crippen LogP contribution in [-0.2, 0) is 16.0 Å². The van der Waals surface area contributed by atoms with E-state index in [0.29, 0.717) is 5.69 Å². The van der Waals surface area contributed by atoms with Gasteiger partial charge < -0.3 is 15.4 Å². The van der Waals surface area contributed by atoms with Crippen molar-refractivity contribution in [1.29, 1.82) is 0 Å². The Morgan fingerprint density at radius 2 is 1.72 bits per heavy atom. The van der Waals surface area contributed by atoms with Crippen LogP contribution in [0.5, 0.6) is 5.75 Å². The van der Waals surface area contributed by atoms with Gasteiger partial charge in [0.05, 0.1) is 12.6 Å². The molecule has 0 saturated heterocycles. The zero-order valence-corrected chi connectivity index (χ0v) is 16.6. The number of nitrogens with one attached hydrogen (secondary N) is 2. The monoisotopic (exact) mass is 405 g/mol. The van der Waals surface area contributed by atoms with Crippen molar-refractivity contribution in [2.45, 2.75) is 32.9 Å². The summed E-state index contributed by atoms with van der Waals surface area (Å²) in [5.74, 6) is -0.537. The fourth-order valence-corrected chi connectivity index (χ4v) is 2.67. The summed E-state index contributed by atoms with van der Waals surface area (Å²) in [7, 11) is 1.68. The average molecular weight is 405 g/mol. The van der Waals surface area contributed by atoms with E-state index in [9.17, 15) is 18.4 Å².